The van der Waals surface area contributed by atoms with Crippen LogP contribution < -0.4 is 11.4 Å². The molecule has 1 aliphatic rings. The van der Waals surface area contributed by atoms with E-state index in [1.807, 2.05) is 25.1 Å². The number of nitrogen functional groups attached to an aromatic ring is 1. The molecule has 3 aromatic heterocycles. The van der Waals surface area contributed by atoms with Gasteiger partial charge in [-0.3, -0.25) is 0 Å². The lowest BCUT2D eigenvalue weighted by molar-refractivity contribution is 0.369. The van der Waals surface area contributed by atoms with Crippen molar-refractivity contribution in [1.82, 2.24) is 24.6 Å². The van der Waals surface area contributed by atoms with Crippen molar-refractivity contribution >= 4 is 33.2 Å². The Hall–Kier alpha value is -4.57. The number of hydrogen-bond acceptors (Lipinski definition) is 8. The number of nitrogens with two attached hydrogens (primary N) is 1. The van der Waals surface area contributed by atoms with Crippen molar-refractivity contribution in [2.24, 2.45) is 0 Å². The van der Waals surface area contributed by atoms with E-state index < -0.39 is 17.5 Å². The van der Waals surface area contributed by atoms with Crippen LogP contribution in [0.3, 0.4) is 0 Å². The molecule has 5 aromatic rings. The molecule has 1 unspecified atom stereocenters. The van der Waals surface area contributed by atoms with E-state index in [1.54, 1.807) is 10.7 Å². The molecule has 10 heteroatoms. The molecule has 9 nitrogen and oxygen atoms in total. The van der Waals surface area contributed by atoms with Gasteiger partial charge < -0.3 is 20.2 Å². The fraction of sp³-hybridized carbons (Fsp3) is 0.214. The SMILES string of the molecule is CC(c1oc(=O)c2ccccc2c1C1=CCCN(C)C1)n1nc(-c2cc(O)cc(F)c2)c2c(N)ncnc21. The minimum Gasteiger partial charge on any atom is -0.508 e. The van der Waals surface area contributed by atoms with Crippen LogP contribution in [-0.4, -0.2) is 49.9 Å². The molecule has 0 radical (unpaired) electrons. The van der Waals surface area contributed by atoms with Crippen LogP contribution in [0.4, 0.5) is 10.2 Å². The first-order valence-electron chi connectivity index (χ1n) is 12.2. The van der Waals surface area contributed by atoms with Crippen molar-refractivity contribution in [3.05, 3.63) is 82.4 Å². The molecule has 0 fully saturated rings. The Morgan fingerprint density at radius 3 is 2.71 bits per heavy atom. The smallest absolute Gasteiger partial charge is 0.343 e. The van der Waals surface area contributed by atoms with Gasteiger partial charge in [-0.2, -0.15) is 5.10 Å². The van der Waals surface area contributed by atoms with E-state index in [4.69, 9.17) is 15.2 Å². The van der Waals surface area contributed by atoms with Gasteiger partial charge in [-0.15, -0.1) is 0 Å². The van der Waals surface area contributed by atoms with Gasteiger partial charge in [-0.1, -0.05) is 24.3 Å². The molecule has 3 N–H and O–H groups in total. The normalized spacial score (nSPS) is 15.2. The average molecular weight is 513 g/mol. The standard InChI is InChI=1S/C28H25FN6O3/c1-15(25-22(16-6-5-9-34(2)13-16)20-7-3-4-8-21(20)28(37)38-25)35-27-23(26(30)31-14-32-27)24(33-35)17-10-18(29)12-19(36)11-17/h3-4,6-8,10-12,14-15,36H,5,9,13H2,1-2H3,(H2,30,31,32). The van der Waals surface area contributed by atoms with Crippen LogP contribution in [0.25, 0.3) is 38.6 Å². The van der Waals surface area contributed by atoms with Gasteiger partial charge in [0, 0.05) is 30.3 Å². The maximum Gasteiger partial charge on any atom is 0.343 e. The molecule has 0 saturated heterocycles. The van der Waals surface area contributed by atoms with E-state index in [0.717, 1.165) is 35.6 Å². The number of rotatable bonds is 4. The Bertz CT molecular complexity index is 1790. The quantitative estimate of drug-likeness (QED) is 0.364. The molecule has 4 heterocycles. The van der Waals surface area contributed by atoms with E-state index in [0.29, 0.717) is 40.0 Å². The summed E-state index contributed by atoms with van der Waals surface area (Å²) in [4.78, 5) is 23.9. The highest BCUT2D eigenvalue weighted by molar-refractivity contribution is 5.99. The number of hydrogen-bond donors (Lipinski definition) is 2. The first-order valence-corrected chi connectivity index (χ1v) is 12.2. The topological polar surface area (TPSA) is 123 Å². The summed E-state index contributed by atoms with van der Waals surface area (Å²) in [5.74, 6) is -0.279. The zero-order valence-electron chi connectivity index (χ0n) is 20.8. The van der Waals surface area contributed by atoms with Gasteiger partial charge in [-0.25, -0.2) is 23.8 Å². The molecular weight excluding hydrogens is 487 g/mol. The zero-order valence-corrected chi connectivity index (χ0v) is 20.8. The van der Waals surface area contributed by atoms with E-state index >= 15 is 0 Å². The van der Waals surface area contributed by atoms with Gasteiger partial charge in [0.25, 0.3) is 0 Å². The molecule has 0 aliphatic carbocycles. The van der Waals surface area contributed by atoms with Crippen molar-refractivity contribution < 1.29 is 13.9 Å². The molecule has 192 valence electrons. The van der Waals surface area contributed by atoms with Crippen molar-refractivity contribution in [3.8, 4) is 17.0 Å². The number of likely N-dealkylation sites (N-methyl/N-ethyl adjacent to an activating group) is 1. The third kappa shape index (κ3) is 3.90. The number of benzene rings is 2. The Balaban J connectivity index is 1.62. The number of phenolic OH excluding ortho intramolecular Hbond substituents is 1. The van der Waals surface area contributed by atoms with Gasteiger partial charge in [-0.05, 0) is 49.6 Å². The molecular formula is C28H25FN6O3. The van der Waals surface area contributed by atoms with Crippen LogP contribution in [0.15, 0.2) is 64.1 Å². The second-order valence-corrected chi connectivity index (χ2v) is 9.55. The first-order chi connectivity index (χ1) is 18.3. The highest BCUT2D eigenvalue weighted by Gasteiger charge is 2.28. The maximum absolute atomic E-state index is 14.2. The number of nitrogens with zero attached hydrogens (tertiary/aromatic N) is 5. The Morgan fingerprint density at radius 1 is 1.16 bits per heavy atom. The summed E-state index contributed by atoms with van der Waals surface area (Å²) in [5, 5.41) is 16.5. The van der Waals surface area contributed by atoms with E-state index in [2.05, 4.69) is 28.0 Å². The third-order valence-electron chi connectivity index (χ3n) is 6.95. The summed E-state index contributed by atoms with van der Waals surface area (Å²) in [6, 6.07) is 10.5. The second-order valence-electron chi connectivity index (χ2n) is 9.55. The minimum atomic E-state index is -0.623. The highest BCUT2D eigenvalue weighted by atomic mass is 19.1. The fourth-order valence-corrected chi connectivity index (χ4v) is 5.21. The van der Waals surface area contributed by atoms with E-state index in [-0.39, 0.29) is 11.6 Å². The van der Waals surface area contributed by atoms with Crippen molar-refractivity contribution in [1.29, 1.82) is 0 Å². The fourth-order valence-electron chi connectivity index (χ4n) is 5.21. The first kappa shape index (κ1) is 23.8. The van der Waals surface area contributed by atoms with Crippen molar-refractivity contribution in [3.63, 3.8) is 0 Å². The molecule has 38 heavy (non-hydrogen) atoms. The molecule has 0 bridgehead atoms. The lowest BCUT2D eigenvalue weighted by atomic mass is 9.93. The maximum atomic E-state index is 14.2. The van der Waals surface area contributed by atoms with Crippen LogP contribution in [0, 0.1) is 5.82 Å². The number of aromatic hydroxyl groups is 1. The number of aromatic nitrogens is 4. The zero-order chi connectivity index (χ0) is 26.6. The van der Waals surface area contributed by atoms with Crippen molar-refractivity contribution in [2.75, 3.05) is 25.9 Å². The molecule has 1 atom stereocenters. The van der Waals surface area contributed by atoms with E-state index in [9.17, 15) is 14.3 Å². The second kappa shape index (κ2) is 9.07. The predicted octanol–water partition coefficient (Wildman–Crippen LogP) is 4.35. The summed E-state index contributed by atoms with van der Waals surface area (Å²) in [5.41, 5.74) is 8.70. The molecule has 0 amide bonds. The summed E-state index contributed by atoms with van der Waals surface area (Å²) >= 11 is 0. The molecule has 0 spiro atoms. The molecule has 2 aromatic carbocycles. The predicted molar refractivity (Wildman–Crippen MR) is 143 cm³/mol. The van der Waals surface area contributed by atoms with Crippen LogP contribution in [0.2, 0.25) is 0 Å². The summed E-state index contributed by atoms with van der Waals surface area (Å²) in [7, 11) is 2.05. The third-order valence-corrected chi connectivity index (χ3v) is 6.95. The largest absolute Gasteiger partial charge is 0.508 e. The molecule has 0 saturated carbocycles. The number of halogens is 1. The van der Waals surface area contributed by atoms with Crippen LogP contribution in [0.1, 0.15) is 30.7 Å². The summed E-state index contributed by atoms with van der Waals surface area (Å²) in [6.45, 7) is 3.49. The van der Waals surface area contributed by atoms with Crippen molar-refractivity contribution in [2.45, 2.75) is 19.4 Å². The Labute approximate surface area is 216 Å². The average Bonchev–Trinajstić information content (AvgIpc) is 3.29. The summed E-state index contributed by atoms with van der Waals surface area (Å²) in [6.07, 6.45) is 4.38. The minimum absolute atomic E-state index is 0.156. The summed E-state index contributed by atoms with van der Waals surface area (Å²) < 4.78 is 21.8. The Morgan fingerprint density at radius 2 is 1.95 bits per heavy atom. The van der Waals surface area contributed by atoms with Crippen LogP contribution >= 0.6 is 0 Å². The lowest BCUT2D eigenvalue weighted by Crippen LogP contribution is -2.26. The highest BCUT2D eigenvalue weighted by Crippen LogP contribution is 2.38. The number of anilines is 1. The Kier molecular flexibility index (Phi) is 5.68. The van der Waals surface area contributed by atoms with Gasteiger partial charge in [0.1, 0.15) is 41.2 Å². The van der Waals surface area contributed by atoms with Gasteiger partial charge in [0.2, 0.25) is 0 Å². The molecule has 6 rings (SSSR count). The monoisotopic (exact) mass is 512 g/mol. The van der Waals surface area contributed by atoms with E-state index in [1.165, 1.54) is 18.5 Å². The van der Waals surface area contributed by atoms with Crippen LogP contribution in [-0.2, 0) is 0 Å². The van der Waals surface area contributed by atoms with Gasteiger partial charge >= 0.3 is 5.63 Å². The van der Waals surface area contributed by atoms with Gasteiger partial charge in [0.15, 0.2) is 5.65 Å². The van der Waals surface area contributed by atoms with Gasteiger partial charge in [0.05, 0.1) is 10.8 Å². The lowest BCUT2D eigenvalue weighted by Gasteiger charge is -2.26. The van der Waals surface area contributed by atoms with Crippen LogP contribution in [0.5, 0.6) is 5.75 Å². The molecule has 1 aliphatic heterocycles. The number of fused-ring (bicyclic) bond motifs is 2. The number of phenols is 1.